The average molecular weight is 755 g/mol. The van der Waals surface area contributed by atoms with Gasteiger partial charge in [-0.25, -0.2) is 35.1 Å². The van der Waals surface area contributed by atoms with Crippen molar-refractivity contribution in [3.63, 3.8) is 0 Å². The van der Waals surface area contributed by atoms with Gasteiger partial charge in [-0.15, -0.1) is 0 Å². The van der Waals surface area contributed by atoms with Crippen LogP contribution in [0.25, 0.3) is 21.5 Å². The Morgan fingerprint density at radius 3 is 1.18 bits per heavy atom. The standard InChI is InChI=1S/C36H51F9OSi3/c1-9-47(10-2,11-3)19-17-15-16-18-20-49(22(7)8,21-48(12-4,13-5)14-6)46-36-32(42)26-25(31(41)35(36)45)27(37)23-24(28(26)38)30(40)34(44)33(43)29(23)39/h22H,9-21H2,1-8H3. The molecule has 0 fully saturated rings. The molecule has 0 saturated heterocycles. The van der Waals surface area contributed by atoms with E-state index in [2.05, 4.69) is 41.5 Å². The number of fused-ring (bicyclic) bond motifs is 2. The van der Waals surface area contributed by atoms with Gasteiger partial charge in [-0.2, -0.15) is 4.39 Å². The summed E-state index contributed by atoms with van der Waals surface area (Å²) in [6.07, 6.45) is 3.64. The molecule has 3 rings (SSSR count). The molecule has 1 atom stereocenters. The first-order valence-electron chi connectivity index (χ1n) is 17.8. The third-order valence-electron chi connectivity index (χ3n) is 12.0. The predicted molar refractivity (Wildman–Crippen MR) is 190 cm³/mol. The van der Waals surface area contributed by atoms with Crippen molar-refractivity contribution >= 4 is 46.0 Å². The molecule has 0 amide bonds. The largest absolute Gasteiger partial charge is 0.539 e. The average Bonchev–Trinajstić information content (AvgIpc) is 3.09. The van der Waals surface area contributed by atoms with Crippen molar-refractivity contribution in [1.82, 2.24) is 0 Å². The molecule has 0 aliphatic rings. The molecular weight excluding hydrogens is 704 g/mol. The van der Waals surface area contributed by atoms with E-state index in [-0.39, 0.29) is 5.54 Å². The maximum atomic E-state index is 16.4. The van der Waals surface area contributed by atoms with E-state index in [1.807, 2.05) is 13.8 Å². The first-order chi connectivity index (χ1) is 23.0. The molecule has 0 saturated carbocycles. The molecule has 0 N–H and O–H groups in total. The Morgan fingerprint density at radius 1 is 0.429 bits per heavy atom. The van der Waals surface area contributed by atoms with Gasteiger partial charge in [-0.1, -0.05) is 123 Å². The minimum absolute atomic E-state index is 0.219. The minimum Gasteiger partial charge on any atom is -0.539 e. The quantitative estimate of drug-likeness (QED) is 0.0314. The molecule has 276 valence electrons. The lowest BCUT2D eigenvalue weighted by molar-refractivity contribution is 0.408. The van der Waals surface area contributed by atoms with E-state index in [1.54, 1.807) is 0 Å². The van der Waals surface area contributed by atoms with E-state index >= 15 is 22.0 Å². The van der Waals surface area contributed by atoms with Gasteiger partial charge in [0.25, 0.3) is 8.32 Å². The molecule has 1 nitrogen and oxygen atoms in total. The van der Waals surface area contributed by atoms with Crippen LogP contribution in [-0.2, 0) is 0 Å². The van der Waals surface area contributed by atoms with Gasteiger partial charge in [0.05, 0.1) is 37.7 Å². The molecule has 1 unspecified atom stereocenters. The van der Waals surface area contributed by atoms with Gasteiger partial charge in [0.1, 0.15) is 11.6 Å². The molecule has 0 aliphatic carbocycles. The SMILES string of the molecule is CC[Si](CC)(CC)CCCCCC[Si](C[Si](CC)(CC)CC)(Oc1c(F)c(F)c2c(F)c3c(F)c(F)c(F)c(F)c3c(F)c2c1F)C(C)C. The maximum absolute atomic E-state index is 16.4. The van der Waals surface area contributed by atoms with Crippen LogP contribution >= 0.6 is 0 Å². The van der Waals surface area contributed by atoms with Gasteiger partial charge in [0.15, 0.2) is 40.7 Å². The van der Waals surface area contributed by atoms with Crippen molar-refractivity contribution in [3.8, 4) is 5.75 Å². The molecular formula is C36H51F9OSi3. The molecule has 0 aliphatic heterocycles. The molecule has 3 aromatic carbocycles. The van der Waals surface area contributed by atoms with Gasteiger partial charge < -0.3 is 4.43 Å². The smallest absolute Gasteiger partial charge is 0.251 e. The molecule has 49 heavy (non-hydrogen) atoms. The number of unbranched alkanes of at least 4 members (excludes halogenated alkanes) is 3. The Morgan fingerprint density at radius 2 is 0.796 bits per heavy atom. The Labute approximate surface area is 288 Å². The van der Waals surface area contributed by atoms with E-state index < -0.39 is 104 Å². The molecule has 0 radical (unpaired) electrons. The van der Waals surface area contributed by atoms with E-state index in [4.69, 9.17) is 4.43 Å². The fraction of sp³-hybridized carbons (Fsp3) is 0.611. The van der Waals surface area contributed by atoms with Crippen LogP contribution in [0, 0.1) is 52.4 Å². The summed E-state index contributed by atoms with van der Waals surface area (Å²) in [5, 5.41) is -6.78. The Kier molecular flexibility index (Phi) is 14.0. The van der Waals surface area contributed by atoms with Crippen LogP contribution in [-0.4, -0.2) is 24.5 Å². The zero-order chi connectivity index (χ0) is 37.1. The number of benzene rings is 3. The molecule has 0 spiro atoms. The Balaban J connectivity index is 2.19. The van der Waals surface area contributed by atoms with Crippen LogP contribution in [0.2, 0.25) is 59.6 Å². The second kappa shape index (κ2) is 16.6. The highest BCUT2D eigenvalue weighted by atomic mass is 28.4. The monoisotopic (exact) mass is 754 g/mol. The number of hydrogen-bond donors (Lipinski definition) is 0. The van der Waals surface area contributed by atoms with Crippen molar-refractivity contribution in [2.75, 3.05) is 0 Å². The topological polar surface area (TPSA) is 9.23 Å². The predicted octanol–water partition coefficient (Wildman–Crippen LogP) is 14.1. The molecule has 0 heterocycles. The summed E-state index contributed by atoms with van der Waals surface area (Å²) < 4.78 is 143. The van der Waals surface area contributed by atoms with Gasteiger partial charge >= 0.3 is 0 Å². The van der Waals surface area contributed by atoms with Gasteiger partial charge in [-0.3, -0.25) is 0 Å². The highest BCUT2D eigenvalue weighted by Crippen LogP contribution is 2.46. The summed E-state index contributed by atoms with van der Waals surface area (Å²) in [5.41, 5.74) is 0.375. The van der Waals surface area contributed by atoms with E-state index in [9.17, 15) is 17.6 Å². The van der Waals surface area contributed by atoms with E-state index in [0.29, 0.717) is 18.1 Å². The Bertz CT molecular complexity index is 1620. The van der Waals surface area contributed by atoms with Crippen molar-refractivity contribution in [2.45, 2.75) is 141 Å². The first-order valence-corrected chi connectivity index (χ1v) is 25.9. The fourth-order valence-corrected chi connectivity index (χ4v) is 25.9. The number of hydrogen-bond acceptors (Lipinski definition) is 1. The normalized spacial score (nSPS) is 14.0. The highest BCUT2D eigenvalue weighted by molar-refractivity contribution is 6.95. The third-order valence-corrected chi connectivity index (χ3v) is 31.7. The van der Waals surface area contributed by atoms with Crippen molar-refractivity contribution in [1.29, 1.82) is 0 Å². The highest BCUT2D eigenvalue weighted by Gasteiger charge is 2.48. The van der Waals surface area contributed by atoms with E-state index in [1.165, 1.54) is 24.2 Å². The van der Waals surface area contributed by atoms with Crippen LogP contribution in [0.15, 0.2) is 0 Å². The van der Waals surface area contributed by atoms with Crippen LogP contribution in [0.1, 0.15) is 81.1 Å². The molecule has 3 aromatic rings. The van der Waals surface area contributed by atoms with Crippen molar-refractivity contribution in [3.05, 3.63) is 52.4 Å². The summed E-state index contributed by atoms with van der Waals surface area (Å²) in [4.78, 5) is 0. The zero-order valence-electron chi connectivity index (χ0n) is 30.1. The van der Waals surface area contributed by atoms with Crippen molar-refractivity contribution in [2.24, 2.45) is 0 Å². The van der Waals surface area contributed by atoms with Gasteiger partial charge in [-0.05, 0) is 17.3 Å². The second-order valence-electron chi connectivity index (χ2n) is 14.2. The van der Waals surface area contributed by atoms with Gasteiger partial charge in [0.2, 0.25) is 5.82 Å². The van der Waals surface area contributed by atoms with E-state index in [0.717, 1.165) is 37.4 Å². The maximum Gasteiger partial charge on any atom is 0.251 e. The van der Waals surface area contributed by atoms with Gasteiger partial charge in [0, 0.05) is 0 Å². The number of rotatable bonds is 18. The lowest BCUT2D eigenvalue weighted by atomic mass is 9.99. The summed E-state index contributed by atoms with van der Waals surface area (Å²) in [6, 6.07) is 8.07. The zero-order valence-corrected chi connectivity index (χ0v) is 33.1. The molecule has 0 bridgehead atoms. The second-order valence-corrected chi connectivity index (χ2v) is 30.3. The summed E-state index contributed by atoms with van der Waals surface area (Å²) >= 11 is 0. The van der Waals surface area contributed by atoms with Crippen LogP contribution in [0.4, 0.5) is 39.5 Å². The lowest BCUT2D eigenvalue weighted by Crippen LogP contribution is -2.53. The minimum atomic E-state index is -3.26. The Hall–Kier alpha value is -2.00. The summed E-state index contributed by atoms with van der Waals surface area (Å²) in [7, 11) is -6.61. The summed E-state index contributed by atoms with van der Waals surface area (Å²) in [6.45, 7) is 16.9. The summed E-state index contributed by atoms with van der Waals surface area (Å²) in [5.74, 6) is -21.0. The van der Waals surface area contributed by atoms with Crippen LogP contribution < -0.4 is 4.43 Å². The van der Waals surface area contributed by atoms with Crippen LogP contribution in [0.3, 0.4) is 0 Å². The molecule has 13 heteroatoms. The van der Waals surface area contributed by atoms with Crippen molar-refractivity contribution < 1.29 is 43.9 Å². The molecule has 0 aromatic heterocycles. The first kappa shape index (κ1) is 41.4. The third kappa shape index (κ3) is 7.64. The van der Waals surface area contributed by atoms with Crippen LogP contribution in [0.5, 0.6) is 5.75 Å². The lowest BCUT2D eigenvalue weighted by Gasteiger charge is -2.42. The fourth-order valence-electron chi connectivity index (χ4n) is 7.74. The number of halogens is 9.